The second kappa shape index (κ2) is 6.27. The average molecular weight is 309 g/mol. The molecule has 4 heteroatoms. The highest BCUT2D eigenvalue weighted by Crippen LogP contribution is 2.26. The van der Waals surface area contributed by atoms with Gasteiger partial charge >= 0.3 is 0 Å². The van der Waals surface area contributed by atoms with Crippen molar-refractivity contribution in [1.29, 1.82) is 0 Å². The Morgan fingerprint density at radius 1 is 1.19 bits per heavy atom. The summed E-state index contributed by atoms with van der Waals surface area (Å²) in [6, 6.07) is 6.41. The number of alkyl halides is 1. The van der Waals surface area contributed by atoms with Crippen LogP contribution in [0.4, 0.5) is 5.69 Å². The van der Waals surface area contributed by atoms with Gasteiger partial charge in [0.15, 0.2) is 0 Å². The lowest BCUT2D eigenvalue weighted by atomic mass is 9.94. The summed E-state index contributed by atoms with van der Waals surface area (Å²) in [4.78, 5) is 16.8. The molecule has 0 atom stereocenters. The van der Waals surface area contributed by atoms with Gasteiger partial charge in [-0.15, -0.1) is 11.6 Å². The first-order valence-electron chi connectivity index (χ1n) is 7.53. The molecule has 1 amide bonds. The Labute approximate surface area is 132 Å². The summed E-state index contributed by atoms with van der Waals surface area (Å²) in [5.41, 5.74) is 3.47. The van der Waals surface area contributed by atoms with Crippen molar-refractivity contribution in [2.45, 2.75) is 27.7 Å². The molecule has 3 nitrogen and oxygen atoms in total. The molecular formula is C17H25ClN2O. The van der Waals surface area contributed by atoms with Crippen LogP contribution in [0.3, 0.4) is 0 Å². The molecule has 116 valence electrons. The van der Waals surface area contributed by atoms with Gasteiger partial charge in [0.2, 0.25) is 5.91 Å². The molecule has 1 fully saturated rings. The summed E-state index contributed by atoms with van der Waals surface area (Å²) >= 11 is 5.91. The topological polar surface area (TPSA) is 23.6 Å². The van der Waals surface area contributed by atoms with Crippen LogP contribution in [0.15, 0.2) is 18.2 Å². The third-order valence-electron chi connectivity index (χ3n) is 4.40. The van der Waals surface area contributed by atoms with E-state index >= 15 is 0 Å². The fourth-order valence-corrected chi connectivity index (χ4v) is 2.83. The van der Waals surface area contributed by atoms with E-state index in [1.807, 2.05) is 18.7 Å². The molecule has 0 bridgehead atoms. The van der Waals surface area contributed by atoms with E-state index in [9.17, 15) is 4.79 Å². The van der Waals surface area contributed by atoms with E-state index in [1.54, 1.807) is 0 Å². The number of nitrogens with zero attached hydrogens (tertiary/aromatic N) is 2. The molecule has 0 saturated carbocycles. The molecule has 0 N–H and O–H groups in total. The van der Waals surface area contributed by atoms with Crippen molar-refractivity contribution in [3.8, 4) is 0 Å². The number of amides is 1. The summed E-state index contributed by atoms with van der Waals surface area (Å²) in [5, 5.41) is 0. The number of hydrogen-bond donors (Lipinski definition) is 0. The first-order valence-corrected chi connectivity index (χ1v) is 8.07. The number of hydrogen-bond acceptors (Lipinski definition) is 2. The first-order chi connectivity index (χ1) is 9.86. The van der Waals surface area contributed by atoms with Gasteiger partial charge in [-0.3, -0.25) is 4.79 Å². The minimum atomic E-state index is -0.469. The monoisotopic (exact) mass is 308 g/mol. The van der Waals surface area contributed by atoms with Gasteiger partial charge in [0, 0.05) is 37.7 Å². The van der Waals surface area contributed by atoms with Crippen LogP contribution in [0, 0.1) is 19.3 Å². The Bertz CT molecular complexity index is 520. The summed E-state index contributed by atoms with van der Waals surface area (Å²) < 4.78 is 0. The molecule has 0 aromatic heterocycles. The summed E-state index contributed by atoms with van der Waals surface area (Å²) in [5.74, 6) is 0.529. The maximum absolute atomic E-state index is 12.4. The van der Waals surface area contributed by atoms with Crippen molar-refractivity contribution in [3.05, 3.63) is 29.3 Å². The smallest absolute Gasteiger partial charge is 0.229 e. The fraction of sp³-hybridized carbons (Fsp3) is 0.588. The van der Waals surface area contributed by atoms with E-state index in [2.05, 4.69) is 36.9 Å². The number of anilines is 1. The molecule has 1 saturated heterocycles. The van der Waals surface area contributed by atoms with Crippen molar-refractivity contribution < 1.29 is 4.79 Å². The molecule has 0 spiro atoms. The minimum absolute atomic E-state index is 0.165. The van der Waals surface area contributed by atoms with Gasteiger partial charge < -0.3 is 9.80 Å². The predicted molar refractivity (Wildman–Crippen MR) is 89.2 cm³/mol. The number of piperazine rings is 1. The number of halogens is 1. The highest BCUT2D eigenvalue weighted by molar-refractivity contribution is 6.19. The standard InChI is InChI=1S/C17H25ClN2O/c1-13-6-5-7-15(14(13)2)19-8-10-20(11-9-19)16(21)17(3,4)12-18/h5-7H,8-12H2,1-4H3. The lowest BCUT2D eigenvalue weighted by Crippen LogP contribution is -2.52. The zero-order chi connectivity index (χ0) is 15.6. The SMILES string of the molecule is Cc1cccc(N2CCN(C(=O)C(C)(C)CCl)CC2)c1C. The molecule has 0 unspecified atom stereocenters. The molecule has 1 aliphatic heterocycles. The zero-order valence-corrected chi connectivity index (χ0v) is 14.2. The largest absolute Gasteiger partial charge is 0.368 e. The highest BCUT2D eigenvalue weighted by atomic mass is 35.5. The van der Waals surface area contributed by atoms with E-state index in [0.717, 1.165) is 26.2 Å². The van der Waals surface area contributed by atoms with Crippen LogP contribution in [0.1, 0.15) is 25.0 Å². The van der Waals surface area contributed by atoms with Crippen LogP contribution in [0.2, 0.25) is 0 Å². The molecule has 1 aromatic rings. The Morgan fingerprint density at radius 2 is 1.81 bits per heavy atom. The van der Waals surface area contributed by atoms with Gasteiger partial charge in [-0.2, -0.15) is 0 Å². The molecule has 1 heterocycles. The van der Waals surface area contributed by atoms with Crippen molar-refractivity contribution in [1.82, 2.24) is 4.90 Å². The van der Waals surface area contributed by atoms with E-state index in [1.165, 1.54) is 16.8 Å². The number of aryl methyl sites for hydroxylation is 1. The Hall–Kier alpha value is -1.22. The van der Waals surface area contributed by atoms with E-state index in [-0.39, 0.29) is 5.91 Å². The van der Waals surface area contributed by atoms with Gasteiger partial charge in [-0.1, -0.05) is 12.1 Å². The maximum Gasteiger partial charge on any atom is 0.229 e. The summed E-state index contributed by atoms with van der Waals surface area (Å²) in [6.45, 7) is 11.4. The van der Waals surface area contributed by atoms with Gasteiger partial charge in [-0.05, 0) is 44.9 Å². The van der Waals surface area contributed by atoms with Crippen LogP contribution in [0.5, 0.6) is 0 Å². The van der Waals surface area contributed by atoms with Crippen LogP contribution in [-0.4, -0.2) is 42.9 Å². The lowest BCUT2D eigenvalue weighted by Gasteiger charge is -2.39. The van der Waals surface area contributed by atoms with Gasteiger partial charge in [-0.25, -0.2) is 0 Å². The van der Waals surface area contributed by atoms with E-state index in [4.69, 9.17) is 11.6 Å². The van der Waals surface area contributed by atoms with Crippen molar-refractivity contribution in [2.24, 2.45) is 5.41 Å². The molecule has 1 aromatic carbocycles. The zero-order valence-electron chi connectivity index (χ0n) is 13.4. The second-order valence-electron chi connectivity index (χ2n) is 6.52. The number of carbonyl (C=O) groups excluding carboxylic acids is 1. The van der Waals surface area contributed by atoms with Gasteiger partial charge in [0.25, 0.3) is 0 Å². The normalized spacial score (nSPS) is 16.2. The molecule has 0 aliphatic carbocycles. The van der Waals surface area contributed by atoms with Crippen LogP contribution in [0.25, 0.3) is 0 Å². The predicted octanol–water partition coefficient (Wildman–Crippen LogP) is 3.22. The van der Waals surface area contributed by atoms with E-state index < -0.39 is 5.41 Å². The number of carbonyl (C=O) groups is 1. The lowest BCUT2D eigenvalue weighted by molar-refractivity contribution is -0.139. The third-order valence-corrected chi connectivity index (χ3v) is 5.06. The van der Waals surface area contributed by atoms with Crippen molar-refractivity contribution in [3.63, 3.8) is 0 Å². The first kappa shape index (κ1) is 16.2. The molecular weight excluding hydrogens is 284 g/mol. The Morgan fingerprint density at radius 3 is 2.38 bits per heavy atom. The quantitative estimate of drug-likeness (QED) is 0.801. The van der Waals surface area contributed by atoms with Gasteiger partial charge in [0.1, 0.15) is 0 Å². The van der Waals surface area contributed by atoms with Crippen molar-refractivity contribution >= 4 is 23.2 Å². The highest BCUT2D eigenvalue weighted by Gasteiger charge is 2.33. The van der Waals surface area contributed by atoms with Crippen LogP contribution in [-0.2, 0) is 4.79 Å². The second-order valence-corrected chi connectivity index (χ2v) is 6.78. The van der Waals surface area contributed by atoms with Crippen LogP contribution >= 0.6 is 11.6 Å². The van der Waals surface area contributed by atoms with Crippen molar-refractivity contribution in [2.75, 3.05) is 37.0 Å². The van der Waals surface area contributed by atoms with Gasteiger partial charge in [0.05, 0.1) is 5.41 Å². The third kappa shape index (κ3) is 3.34. The fourth-order valence-electron chi connectivity index (χ4n) is 2.71. The summed E-state index contributed by atoms with van der Waals surface area (Å²) in [7, 11) is 0. The molecule has 0 radical (unpaired) electrons. The average Bonchev–Trinajstić information content (AvgIpc) is 2.49. The Balaban J connectivity index is 2.04. The molecule has 1 aliphatic rings. The van der Waals surface area contributed by atoms with E-state index in [0.29, 0.717) is 5.88 Å². The maximum atomic E-state index is 12.4. The number of rotatable bonds is 3. The number of benzene rings is 1. The summed E-state index contributed by atoms with van der Waals surface area (Å²) in [6.07, 6.45) is 0. The molecule has 2 rings (SSSR count). The Kier molecular flexibility index (Phi) is 4.82. The molecule has 21 heavy (non-hydrogen) atoms. The minimum Gasteiger partial charge on any atom is -0.368 e. The van der Waals surface area contributed by atoms with Crippen LogP contribution < -0.4 is 4.90 Å².